The molecule has 0 aliphatic rings. The maximum atomic E-state index is 12.3. The highest BCUT2D eigenvalue weighted by atomic mass is 16.5. The first kappa shape index (κ1) is 14.8. The number of likely N-dealkylation sites (N-methyl/N-ethyl adjacent to an activating group) is 1. The number of carboxylic acid groups (broad SMARTS) is 1. The minimum atomic E-state index is -1.07. The lowest BCUT2D eigenvalue weighted by Crippen LogP contribution is -2.40. The van der Waals surface area contributed by atoms with Crippen LogP contribution >= 0.6 is 0 Å². The molecule has 1 N–H and O–H groups in total. The van der Waals surface area contributed by atoms with E-state index in [0.717, 1.165) is 4.90 Å². The number of hydrogen-bond acceptors (Lipinski definition) is 4. The number of aliphatic carboxylic acids is 1. The number of carbonyl (C=O) groups is 2. The Morgan fingerprint density at radius 3 is 2.37 bits per heavy atom. The van der Waals surface area contributed by atoms with E-state index in [0.29, 0.717) is 11.5 Å². The van der Waals surface area contributed by atoms with Crippen molar-refractivity contribution in [2.45, 2.75) is 13.0 Å². The summed E-state index contributed by atoms with van der Waals surface area (Å²) < 4.78 is 10.2. The van der Waals surface area contributed by atoms with Gasteiger partial charge in [-0.2, -0.15) is 0 Å². The second kappa shape index (κ2) is 6.08. The van der Waals surface area contributed by atoms with Crippen LogP contribution in [0.15, 0.2) is 18.2 Å². The van der Waals surface area contributed by atoms with Crippen molar-refractivity contribution >= 4 is 11.9 Å². The van der Waals surface area contributed by atoms with E-state index in [-0.39, 0.29) is 5.56 Å². The molecule has 0 aromatic heterocycles. The molecule has 1 aromatic rings. The molecule has 0 bridgehead atoms. The molecule has 0 radical (unpaired) electrons. The Bertz CT molecular complexity index is 486. The molecule has 0 saturated heterocycles. The lowest BCUT2D eigenvalue weighted by molar-refractivity contribution is -0.141. The lowest BCUT2D eigenvalue weighted by Gasteiger charge is -2.22. The van der Waals surface area contributed by atoms with Crippen LogP contribution in [-0.2, 0) is 4.79 Å². The van der Waals surface area contributed by atoms with Gasteiger partial charge in [-0.25, -0.2) is 4.79 Å². The molecule has 0 aliphatic carbocycles. The highest BCUT2D eigenvalue weighted by molar-refractivity contribution is 5.99. The summed E-state index contributed by atoms with van der Waals surface area (Å²) in [4.78, 5) is 24.3. The van der Waals surface area contributed by atoms with E-state index in [9.17, 15) is 9.59 Å². The van der Waals surface area contributed by atoms with Crippen molar-refractivity contribution in [1.29, 1.82) is 0 Å². The molecule has 0 spiro atoms. The van der Waals surface area contributed by atoms with Crippen molar-refractivity contribution in [3.05, 3.63) is 23.8 Å². The Balaban J connectivity index is 3.13. The van der Waals surface area contributed by atoms with Gasteiger partial charge in [0.2, 0.25) is 0 Å². The molecule has 1 amide bonds. The molecule has 1 unspecified atom stereocenters. The molecule has 0 saturated carbocycles. The second-order valence-electron chi connectivity index (χ2n) is 4.00. The fraction of sp³-hybridized carbons (Fsp3) is 0.385. The Morgan fingerprint density at radius 2 is 1.89 bits per heavy atom. The van der Waals surface area contributed by atoms with Crippen molar-refractivity contribution in [1.82, 2.24) is 4.90 Å². The molecule has 104 valence electrons. The summed E-state index contributed by atoms with van der Waals surface area (Å²) in [7, 11) is 4.36. The SMILES string of the molecule is COc1ccc(OC)c(C(=O)N(C)C(C)C(=O)O)c1. The van der Waals surface area contributed by atoms with Gasteiger partial charge in [-0.05, 0) is 25.1 Å². The smallest absolute Gasteiger partial charge is 0.326 e. The number of carbonyl (C=O) groups excluding carboxylic acids is 1. The Kier molecular flexibility index (Phi) is 4.74. The number of amides is 1. The van der Waals surface area contributed by atoms with Gasteiger partial charge in [0.25, 0.3) is 5.91 Å². The summed E-state index contributed by atoms with van der Waals surface area (Å²) in [5.74, 6) is -0.640. The number of carboxylic acids is 1. The fourth-order valence-corrected chi connectivity index (χ4v) is 1.51. The van der Waals surface area contributed by atoms with E-state index in [4.69, 9.17) is 14.6 Å². The minimum absolute atomic E-state index is 0.262. The van der Waals surface area contributed by atoms with E-state index in [1.165, 1.54) is 34.3 Å². The molecule has 0 heterocycles. The molecule has 19 heavy (non-hydrogen) atoms. The fourth-order valence-electron chi connectivity index (χ4n) is 1.51. The van der Waals surface area contributed by atoms with E-state index in [2.05, 4.69) is 0 Å². The number of rotatable bonds is 5. The number of hydrogen-bond donors (Lipinski definition) is 1. The molecular weight excluding hydrogens is 250 g/mol. The Hall–Kier alpha value is -2.24. The zero-order valence-corrected chi connectivity index (χ0v) is 11.3. The van der Waals surface area contributed by atoms with Gasteiger partial charge in [0.1, 0.15) is 17.5 Å². The zero-order chi connectivity index (χ0) is 14.6. The van der Waals surface area contributed by atoms with Gasteiger partial charge in [-0.15, -0.1) is 0 Å². The number of ether oxygens (including phenoxy) is 2. The van der Waals surface area contributed by atoms with Gasteiger partial charge < -0.3 is 19.5 Å². The van der Waals surface area contributed by atoms with Gasteiger partial charge in [0, 0.05) is 7.05 Å². The third-order valence-corrected chi connectivity index (χ3v) is 2.90. The monoisotopic (exact) mass is 267 g/mol. The van der Waals surface area contributed by atoms with Gasteiger partial charge in [0.05, 0.1) is 19.8 Å². The summed E-state index contributed by atoms with van der Waals surface area (Å²) in [6, 6.07) is 3.86. The molecule has 1 rings (SSSR count). The van der Waals surface area contributed by atoms with E-state index in [1.807, 2.05) is 0 Å². The van der Waals surface area contributed by atoms with Crippen LogP contribution in [0.1, 0.15) is 17.3 Å². The van der Waals surface area contributed by atoms with Crippen LogP contribution in [0.2, 0.25) is 0 Å². The van der Waals surface area contributed by atoms with Crippen molar-refractivity contribution < 1.29 is 24.2 Å². The summed E-state index contributed by atoms with van der Waals surface area (Å²) in [5.41, 5.74) is 0.262. The third kappa shape index (κ3) is 3.15. The van der Waals surface area contributed by atoms with Crippen LogP contribution in [0.5, 0.6) is 11.5 Å². The van der Waals surface area contributed by atoms with E-state index < -0.39 is 17.9 Å². The van der Waals surface area contributed by atoms with Crippen LogP contribution in [-0.4, -0.2) is 49.2 Å². The van der Waals surface area contributed by atoms with Crippen molar-refractivity contribution in [2.75, 3.05) is 21.3 Å². The van der Waals surface area contributed by atoms with Crippen LogP contribution in [0, 0.1) is 0 Å². The van der Waals surface area contributed by atoms with Gasteiger partial charge >= 0.3 is 5.97 Å². The predicted octanol–water partition coefficient (Wildman–Crippen LogP) is 1.25. The molecule has 1 atom stereocenters. The van der Waals surface area contributed by atoms with Crippen LogP contribution in [0.25, 0.3) is 0 Å². The standard InChI is InChI=1S/C13H17NO5/c1-8(13(16)17)14(2)12(15)10-7-9(18-3)5-6-11(10)19-4/h5-8H,1-4H3,(H,16,17). The highest BCUT2D eigenvalue weighted by Gasteiger charge is 2.25. The largest absolute Gasteiger partial charge is 0.497 e. The molecule has 6 nitrogen and oxygen atoms in total. The van der Waals surface area contributed by atoms with Crippen LogP contribution < -0.4 is 9.47 Å². The van der Waals surface area contributed by atoms with E-state index in [1.54, 1.807) is 12.1 Å². The quantitative estimate of drug-likeness (QED) is 0.868. The summed E-state index contributed by atoms with van der Waals surface area (Å²) in [5, 5.41) is 8.93. The maximum Gasteiger partial charge on any atom is 0.326 e. The predicted molar refractivity (Wildman–Crippen MR) is 68.7 cm³/mol. The first-order chi connectivity index (χ1) is 8.92. The summed E-state index contributed by atoms with van der Waals surface area (Å²) in [6.07, 6.45) is 0. The highest BCUT2D eigenvalue weighted by Crippen LogP contribution is 2.25. The molecule has 0 fully saturated rings. The van der Waals surface area contributed by atoms with Crippen molar-refractivity contribution in [3.63, 3.8) is 0 Å². The van der Waals surface area contributed by atoms with Crippen LogP contribution in [0.4, 0.5) is 0 Å². The van der Waals surface area contributed by atoms with E-state index >= 15 is 0 Å². The van der Waals surface area contributed by atoms with Gasteiger partial charge in [-0.3, -0.25) is 4.79 Å². The van der Waals surface area contributed by atoms with Gasteiger partial charge in [-0.1, -0.05) is 0 Å². The molecular formula is C13H17NO5. The zero-order valence-electron chi connectivity index (χ0n) is 11.3. The maximum absolute atomic E-state index is 12.3. The topological polar surface area (TPSA) is 76.1 Å². The number of nitrogens with zero attached hydrogens (tertiary/aromatic N) is 1. The molecule has 6 heteroatoms. The second-order valence-corrected chi connectivity index (χ2v) is 4.00. The average molecular weight is 267 g/mol. The lowest BCUT2D eigenvalue weighted by atomic mass is 10.1. The van der Waals surface area contributed by atoms with Gasteiger partial charge in [0.15, 0.2) is 0 Å². The first-order valence-corrected chi connectivity index (χ1v) is 5.64. The minimum Gasteiger partial charge on any atom is -0.497 e. The normalized spacial score (nSPS) is 11.6. The average Bonchev–Trinajstić information content (AvgIpc) is 2.43. The Labute approximate surface area is 111 Å². The summed E-state index contributed by atoms with van der Waals surface area (Å²) in [6.45, 7) is 1.44. The van der Waals surface area contributed by atoms with Crippen molar-refractivity contribution in [2.24, 2.45) is 0 Å². The van der Waals surface area contributed by atoms with Crippen LogP contribution in [0.3, 0.4) is 0 Å². The number of benzene rings is 1. The summed E-state index contributed by atoms with van der Waals surface area (Å²) >= 11 is 0. The molecule has 1 aromatic carbocycles. The first-order valence-electron chi connectivity index (χ1n) is 5.64. The van der Waals surface area contributed by atoms with Crippen molar-refractivity contribution in [3.8, 4) is 11.5 Å². The number of methoxy groups -OCH3 is 2. The third-order valence-electron chi connectivity index (χ3n) is 2.90. The Morgan fingerprint density at radius 1 is 1.26 bits per heavy atom. The molecule has 0 aliphatic heterocycles.